The molecule has 0 saturated carbocycles. The van der Waals surface area contributed by atoms with Crippen LogP contribution in [0.15, 0.2) is 0 Å². The van der Waals surface area contributed by atoms with Gasteiger partial charge in [-0.2, -0.15) is 5.26 Å². The van der Waals surface area contributed by atoms with Gasteiger partial charge in [0.25, 0.3) is 0 Å². The summed E-state index contributed by atoms with van der Waals surface area (Å²) in [6.45, 7) is 6.49. The predicted octanol–water partition coefficient (Wildman–Crippen LogP) is 2.91. The van der Waals surface area contributed by atoms with Crippen molar-refractivity contribution >= 4 is 24.2 Å². The Hall–Kier alpha value is 0.147. The molecule has 4 heteroatoms. The van der Waals surface area contributed by atoms with Crippen molar-refractivity contribution < 1.29 is 4.43 Å². The molecule has 0 aliphatic carbocycles. The lowest BCUT2D eigenvalue weighted by atomic mass is 10.2. The largest absolute Gasteiger partial charge is 0.414 e. The molecule has 0 fully saturated rings. The zero-order valence-corrected chi connectivity index (χ0v) is 10.5. The molecule has 0 amide bonds. The highest BCUT2D eigenvalue weighted by atomic mass is 79.9. The van der Waals surface area contributed by atoms with Crippen LogP contribution in [-0.4, -0.2) is 19.8 Å². The van der Waals surface area contributed by atoms with Crippen LogP contribution in [0.5, 0.6) is 0 Å². The van der Waals surface area contributed by atoms with Gasteiger partial charge in [0.1, 0.15) is 0 Å². The summed E-state index contributed by atoms with van der Waals surface area (Å²) >= 11 is 3.39. The van der Waals surface area contributed by atoms with E-state index in [9.17, 15) is 0 Å². The van der Waals surface area contributed by atoms with E-state index in [0.717, 1.165) is 11.8 Å². The summed E-state index contributed by atoms with van der Waals surface area (Å²) in [5, 5.41) is 9.23. The Morgan fingerprint density at radius 3 is 2.42 bits per heavy atom. The molecule has 0 radical (unpaired) electrons. The maximum absolute atomic E-state index is 8.40. The molecule has 0 aliphatic rings. The monoisotopic (exact) mass is 249 g/mol. The van der Waals surface area contributed by atoms with Crippen molar-refractivity contribution in [1.29, 1.82) is 5.26 Å². The first kappa shape index (κ1) is 12.1. The van der Waals surface area contributed by atoms with E-state index in [-0.39, 0.29) is 6.10 Å². The van der Waals surface area contributed by atoms with Crippen molar-refractivity contribution in [3.8, 4) is 6.07 Å². The highest BCUT2D eigenvalue weighted by molar-refractivity contribution is 9.09. The van der Waals surface area contributed by atoms with E-state index in [0.29, 0.717) is 6.42 Å². The summed E-state index contributed by atoms with van der Waals surface area (Å²) in [4.78, 5) is 0. The third kappa shape index (κ3) is 6.83. The van der Waals surface area contributed by atoms with E-state index < -0.39 is 8.32 Å². The SMILES string of the molecule is C[Si](C)(C)OC(CBr)CCC#N. The number of hydrogen-bond donors (Lipinski definition) is 0. The lowest BCUT2D eigenvalue weighted by molar-refractivity contribution is 0.211. The molecule has 0 aromatic heterocycles. The van der Waals surface area contributed by atoms with E-state index in [4.69, 9.17) is 9.69 Å². The second-order valence-electron chi connectivity index (χ2n) is 3.70. The Balaban J connectivity index is 3.77. The molecule has 0 aliphatic heterocycles. The number of alkyl halides is 1. The molecule has 0 saturated heterocycles. The van der Waals surface area contributed by atoms with Gasteiger partial charge in [-0.1, -0.05) is 15.9 Å². The average molecular weight is 250 g/mol. The van der Waals surface area contributed by atoms with Crippen LogP contribution in [0.2, 0.25) is 19.6 Å². The maximum Gasteiger partial charge on any atom is 0.184 e. The zero-order chi connectivity index (χ0) is 9.61. The van der Waals surface area contributed by atoms with Crippen molar-refractivity contribution in [1.82, 2.24) is 0 Å². The Morgan fingerprint density at radius 2 is 2.08 bits per heavy atom. The quantitative estimate of drug-likeness (QED) is 0.555. The van der Waals surface area contributed by atoms with Gasteiger partial charge in [-0.05, 0) is 26.1 Å². The first-order valence-electron chi connectivity index (χ1n) is 4.10. The summed E-state index contributed by atoms with van der Waals surface area (Å²) in [7, 11) is -1.43. The number of nitriles is 1. The highest BCUT2D eigenvalue weighted by Gasteiger charge is 2.19. The van der Waals surface area contributed by atoms with Crippen LogP contribution < -0.4 is 0 Å². The third-order valence-electron chi connectivity index (χ3n) is 1.27. The van der Waals surface area contributed by atoms with E-state index in [2.05, 4.69) is 41.6 Å². The summed E-state index contributed by atoms with van der Waals surface area (Å²) in [6.07, 6.45) is 1.64. The normalized spacial score (nSPS) is 13.9. The molecule has 70 valence electrons. The van der Waals surface area contributed by atoms with Crippen molar-refractivity contribution in [2.45, 2.75) is 38.6 Å². The van der Waals surface area contributed by atoms with E-state index in [1.54, 1.807) is 0 Å². The van der Waals surface area contributed by atoms with Crippen LogP contribution in [0.4, 0.5) is 0 Å². The standard InChI is InChI=1S/C8H16BrNOSi/c1-12(2,3)11-8(7-9)5-4-6-10/h8H,4-5,7H2,1-3H3. The smallest absolute Gasteiger partial charge is 0.184 e. The van der Waals surface area contributed by atoms with Crippen LogP contribution in [0, 0.1) is 11.3 Å². The average Bonchev–Trinajstić information content (AvgIpc) is 1.95. The summed E-state index contributed by atoms with van der Waals surface area (Å²) in [5.74, 6) is 0. The summed E-state index contributed by atoms with van der Waals surface area (Å²) in [5.41, 5.74) is 0. The first-order chi connectivity index (χ1) is 5.49. The van der Waals surface area contributed by atoms with E-state index in [1.165, 1.54) is 0 Å². The fraction of sp³-hybridized carbons (Fsp3) is 0.875. The van der Waals surface area contributed by atoms with Gasteiger partial charge in [0.2, 0.25) is 0 Å². The Bertz CT molecular complexity index is 161. The summed E-state index contributed by atoms with van der Waals surface area (Å²) in [6, 6.07) is 2.13. The number of nitrogens with zero attached hydrogens (tertiary/aromatic N) is 1. The molecule has 1 atom stereocenters. The molecule has 1 unspecified atom stereocenters. The Morgan fingerprint density at radius 1 is 1.50 bits per heavy atom. The van der Waals surface area contributed by atoms with Gasteiger partial charge < -0.3 is 4.43 Å². The Labute approximate surface area is 84.2 Å². The van der Waals surface area contributed by atoms with E-state index in [1.807, 2.05) is 0 Å². The third-order valence-corrected chi connectivity index (χ3v) is 3.03. The highest BCUT2D eigenvalue weighted by Crippen LogP contribution is 2.13. The summed E-state index contributed by atoms with van der Waals surface area (Å²) < 4.78 is 5.83. The van der Waals surface area contributed by atoms with E-state index >= 15 is 0 Å². The number of halogens is 1. The molecule has 0 aromatic rings. The number of rotatable bonds is 5. The van der Waals surface area contributed by atoms with Gasteiger partial charge in [0.05, 0.1) is 12.2 Å². The Kier molecular flexibility index (Phi) is 5.80. The molecule has 0 bridgehead atoms. The van der Waals surface area contributed by atoms with Gasteiger partial charge in [-0.25, -0.2) is 0 Å². The fourth-order valence-corrected chi connectivity index (χ4v) is 2.79. The second-order valence-corrected chi connectivity index (χ2v) is 8.81. The number of hydrogen-bond acceptors (Lipinski definition) is 2. The van der Waals surface area contributed by atoms with Crippen molar-refractivity contribution in [2.75, 3.05) is 5.33 Å². The van der Waals surface area contributed by atoms with Gasteiger partial charge in [0.15, 0.2) is 8.32 Å². The lowest BCUT2D eigenvalue weighted by Crippen LogP contribution is -2.32. The fourth-order valence-electron chi connectivity index (χ4n) is 0.893. The lowest BCUT2D eigenvalue weighted by Gasteiger charge is -2.24. The molecule has 0 heterocycles. The molecule has 0 spiro atoms. The van der Waals surface area contributed by atoms with Gasteiger partial charge in [-0.3, -0.25) is 0 Å². The minimum absolute atomic E-state index is 0.219. The van der Waals surface area contributed by atoms with Gasteiger partial charge >= 0.3 is 0 Å². The molecule has 12 heavy (non-hydrogen) atoms. The molecule has 0 rings (SSSR count). The van der Waals surface area contributed by atoms with Gasteiger partial charge in [0, 0.05) is 11.8 Å². The minimum atomic E-state index is -1.43. The molecule has 0 aromatic carbocycles. The van der Waals surface area contributed by atoms with Crippen LogP contribution in [0.3, 0.4) is 0 Å². The predicted molar refractivity (Wildman–Crippen MR) is 56.9 cm³/mol. The zero-order valence-electron chi connectivity index (χ0n) is 7.93. The van der Waals surface area contributed by atoms with Gasteiger partial charge in [-0.15, -0.1) is 0 Å². The van der Waals surface area contributed by atoms with Crippen LogP contribution in [-0.2, 0) is 4.43 Å². The van der Waals surface area contributed by atoms with Crippen molar-refractivity contribution in [3.05, 3.63) is 0 Å². The van der Waals surface area contributed by atoms with Crippen LogP contribution in [0.25, 0.3) is 0 Å². The molecular formula is C8H16BrNOSi. The second kappa shape index (κ2) is 5.73. The van der Waals surface area contributed by atoms with Crippen LogP contribution in [0.1, 0.15) is 12.8 Å². The molecular weight excluding hydrogens is 234 g/mol. The molecule has 0 N–H and O–H groups in total. The van der Waals surface area contributed by atoms with Crippen molar-refractivity contribution in [2.24, 2.45) is 0 Å². The minimum Gasteiger partial charge on any atom is -0.414 e. The first-order valence-corrected chi connectivity index (χ1v) is 8.63. The van der Waals surface area contributed by atoms with Crippen LogP contribution >= 0.6 is 15.9 Å². The topological polar surface area (TPSA) is 33.0 Å². The van der Waals surface area contributed by atoms with Crippen molar-refractivity contribution in [3.63, 3.8) is 0 Å². The maximum atomic E-state index is 8.40. The molecule has 2 nitrogen and oxygen atoms in total.